The SMILES string of the molecule is O=C(c1cccs1)N1CC(CN2CCCCC2)C(c2ccccc2)C1. The minimum absolute atomic E-state index is 0.206. The number of piperidine rings is 1. The maximum absolute atomic E-state index is 12.8. The van der Waals surface area contributed by atoms with Gasteiger partial charge in [-0.2, -0.15) is 0 Å². The summed E-state index contributed by atoms with van der Waals surface area (Å²) in [6.45, 7) is 5.29. The minimum Gasteiger partial charge on any atom is -0.337 e. The number of nitrogens with zero attached hydrogens (tertiary/aromatic N) is 2. The number of hydrogen-bond donors (Lipinski definition) is 0. The Bertz CT molecular complexity index is 679. The van der Waals surface area contributed by atoms with Gasteiger partial charge >= 0.3 is 0 Å². The van der Waals surface area contributed by atoms with Gasteiger partial charge in [0.1, 0.15) is 0 Å². The van der Waals surface area contributed by atoms with Crippen molar-refractivity contribution in [2.24, 2.45) is 5.92 Å². The summed E-state index contributed by atoms with van der Waals surface area (Å²) in [5.41, 5.74) is 1.38. The van der Waals surface area contributed by atoms with Gasteiger partial charge in [0.05, 0.1) is 4.88 Å². The molecule has 25 heavy (non-hydrogen) atoms. The third kappa shape index (κ3) is 3.80. The van der Waals surface area contributed by atoms with E-state index in [9.17, 15) is 4.79 Å². The molecule has 2 unspecified atom stereocenters. The molecule has 4 rings (SSSR count). The number of carbonyl (C=O) groups excluding carboxylic acids is 1. The second-order valence-corrected chi connectivity index (χ2v) is 8.27. The first-order valence-electron chi connectivity index (χ1n) is 9.41. The van der Waals surface area contributed by atoms with Crippen LogP contribution in [0.4, 0.5) is 0 Å². The highest BCUT2D eigenvalue weighted by Crippen LogP contribution is 2.34. The quantitative estimate of drug-likeness (QED) is 0.826. The molecule has 132 valence electrons. The zero-order valence-electron chi connectivity index (χ0n) is 14.6. The Balaban J connectivity index is 1.52. The fraction of sp³-hybridized carbons (Fsp3) is 0.476. The van der Waals surface area contributed by atoms with E-state index in [1.807, 2.05) is 17.5 Å². The van der Waals surface area contributed by atoms with E-state index >= 15 is 0 Å². The summed E-state index contributed by atoms with van der Waals surface area (Å²) in [4.78, 5) is 18.4. The van der Waals surface area contributed by atoms with Gasteiger partial charge in [0, 0.05) is 25.6 Å². The van der Waals surface area contributed by atoms with Gasteiger partial charge in [0.15, 0.2) is 0 Å². The van der Waals surface area contributed by atoms with Crippen LogP contribution in [0.15, 0.2) is 47.8 Å². The molecule has 2 saturated heterocycles. The lowest BCUT2D eigenvalue weighted by atomic mass is 9.88. The Kier molecular flexibility index (Phi) is 5.18. The predicted octanol–water partition coefficient (Wildman–Crippen LogP) is 4.09. The molecule has 1 amide bonds. The van der Waals surface area contributed by atoms with Crippen LogP contribution in [-0.4, -0.2) is 48.4 Å². The van der Waals surface area contributed by atoms with E-state index in [-0.39, 0.29) is 5.91 Å². The number of thiophene rings is 1. The van der Waals surface area contributed by atoms with Gasteiger partial charge < -0.3 is 9.80 Å². The molecule has 2 aromatic rings. The normalized spacial score (nSPS) is 24.6. The maximum Gasteiger partial charge on any atom is 0.263 e. The van der Waals surface area contributed by atoms with Gasteiger partial charge in [-0.3, -0.25) is 4.79 Å². The molecular weight excluding hydrogens is 328 g/mol. The Morgan fingerprint density at radius 2 is 1.80 bits per heavy atom. The molecule has 0 spiro atoms. The molecule has 2 atom stereocenters. The molecule has 1 aromatic heterocycles. The summed E-state index contributed by atoms with van der Waals surface area (Å²) in [6, 6.07) is 14.7. The number of likely N-dealkylation sites (tertiary alicyclic amines) is 2. The van der Waals surface area contributed by atoms with E-state index in [0.29, 0.717) is 11.8 Å². The average Bonchev–Trinajstić information content (AvgIpc) is 3.33. The molecular formula is C21H26N2OS. The summed E-state index contributed by atoms with van der Waals surface area (Å²) >= 11 is 1.55. The van der Waals surface area contributed by atoms with Crippen LogP contribution < -0.4 is 0 Å². The first-order chi connectivity index (χ1) is 12.3. The molecule has 3 nitrogen and oxygen atoms in total. The molecule has 2 aliphatic rings. The van der Waals surface area contributed by atoms with Crippen molar-refractivity contribution < 1.29 is 4.79 Å². The van der Waals surface area contributed by atoms with E-state index in [1.54, 1.807) is 11.3 Å². The zero-order valence-corrected chi connectivity index (χ0v) is 15.5. The molecule has 1 aromatic carbocycles. The molecule has 2 aliphatic heterocycles. The molecule has 2 fully saturated rings. The van der Waals surface area contributed by atoms with E-state index in [1.165, 1.54) is 37.9 Å². The van der Waals surface area contributed by atoms with Crippen LogP contribution in [0.25, 0.3) is 0 Å². The highest BCUT2D eigenvalue weighted by Gasteiger charge is 2.37. The third-order valence-corrected chi connectivity index (χ3v) is 6.49. The van der Waals surface area contributed by atoms with E-state index in [0.717, 1.165) is 24.5 Å². The van der Waals surface area contributed by atoms with Gasteiger partial charge in [0.25, 0.3) is 5.91 Å². The van der Waals surface area contributed by atoms with Crippen molar-refractivity contribution >= 4 is 17.2 Å². The summed E-state index contributed by atoms with van der Waals surface area (Å²) in [5, 5.41) is 1.99. The second kappa shape index (κ2) is 7.71. The smallest absolute Gasteiger partial charge is 0.263 e. The Morgan fingerprint density at radius 3 is 2.52 bits per heavy atom. The van der Waals surface area contributed by atoms with Gasteiger partial charge in [-0.1, -0.05) is 42.8 Å². The van der Waals surface area contributed by atoms with E-state index in [4.69, 9.17) is 0 Å². The van der Waals surface area contributed by atoms with Crippen molar-refractivity contribution in [2.45, 2.75) is 25.2 Å². The van der Waals surface area contributed by atoms with Crippen LogP contribution in [0.3, 0.4) is 0 Å². The lowest BCUT2D eigenvalue weighted by molar-refractivity contribution is 0.0786. The Morgan fingerprint density at radius 1 is 1.00 bits per heavy atom. The van der Waals surface area contributed by atoms with Gasteiger partial charge in [-0.05, 0) is 48.9 Å². The van der Waals surface area contributed by atoms with Crippen LogP contribution in [0, 0.1) is 5.92 Å². The lowest BCUT2D eigenvalue weighted by Gasteiger charge is -2.31. The van der Waals surface area contributed by atoms with Crippen LogP contribution in [-0.2, 0) is 0 Å². The van der Waals surface area contributed by atoms with Crippen LogP contribution in [0.2, 0.25) is 0 Å². The number of hydrogen-bond acceptors (Lipinski definition) is 3. The second-order valence-electron chi connectivity index (χ2n) is 7.33. The maximum atomic E-state index is 12.8. The van der Waals surface area contributed by atoms with Crippen molar-refractivity contribution in [1.29, 1.82) is 0 Å². The van der Waals surface area contributed by atoms with Gasteiger partial charge in [0.2, 0.25) is 0 Å². The van der Waals surface area contributed by atoms with Crippen molar-refractivity contribution in [3.05, 3.63) is 58.3 Å². The summed E-state index contributed by atoms with van der Waals surface area (Å²) in [5.74, 6) is 1.19. The summed E-state index contributed by atoms with van der Waals surface area (Å²) in [6.07, 6.45) is 4.01. The van der Waals surface area contributed by atoms with Crippen molar-refractivity contribution in [3.63, 3.8) is 0 Å². The molecule has 0 saturated carbocycles. The largest absolute Gasteiger partial charge is 0.337 e. The van der Waals surface area contributed by atoms with Crippen LogP contribution in [0.1, 0.15) is 40.4 Å². The standard InChI is InChI=1S/C21H26N2OS/c24-21(20-10-7-13-25-20)23-15-18(14-22-11-5-2-6-12-22)19(16-23)17-8-3-1-4-9-17/h1,3-4,7-10,13,18-19H,2,5-6,11-12,14-16H2. The number of carbonyl (C=O) groups is 1. The monoisotopic (exact) mass is 354 g/mol. The van der Waals surface area contributed by atoms with E-state index < -0.39 is 0 Å². The average molecular weight is 355 g/mol. The van der Waals surface area contributed by atoms with Crippen LogP contribution >= 0.6 is 11.3 Å². The summed E-state index contributed by atoms with van der Waals surface area (Å²) < 4.78 is 0. The van der Waals surface area contributed by atoms with Crippen molar-refractivity contribution in [2.75, 3.05) is 32.7 Å². The topological polar surface area (TPSA) is 23.6 Å². The fourth-order valence-electron chi connectivity index (χ4n) is 4.33. The minimum atomic E-state index is 0.206. The van der Waals surface area contributed by atoms with Crippen LogP contribution in [0.5, 0.6) is 0 Å². The summed E-state index contributed by atoms with van der Waals surface area (Å²) in [7, 11) is 0. The zero-order chi connectivity index (χ0) is 17.1. The van der Waals surface area contributed by atoms with Gasteiger partial charge in [-0.25, -0.2) is 0 Å². The lowest BCUT2D eigenvalue weighted by Crippen LogP contribution is -2.36. The first kappa shape index (κ1) is 16.8. The van der Waals surface area contributed by atoms with E-state index in [2.05, 4.69) is 40.1 Å². The molecule has 0 radical (unpaired) electrons. The van der Waals surface area contributed by atoms with Crippen molar-refractivity contribution in [3.8, 4) is 0 Å². The molecule has 4 heteroatoms. The molecule has 0 bridgehead atoms. The highest BCUT2D eigenvalue weighted by atomic mass is 32.1. The Hall–Kier alpha value is -1.65. The molecule has 0 aliphatic carbocycles. The first-order valence-corrected chi connectivity index (χ1v) is 10.3. The predicted molar refractivity (Wildman–Crippen MR) is 103 cm³/mol. The number of benzene rings is 1. The molecule has 3 heterocycles. The number of rotatable bonds is 4. The van der Waals surface area contributed by atoms with Crippen molar-refractivity contribution in [1.82, 2.24) is 9.80 Å². The highest BCUT2D eigenvalue weighted by molar-refractivity contribution is 7.12. The third-order valence-electron chi connectivity index (χ3n) is 5.63. The molecule has 0 N–H and O–H groups in total. The number of amides is 1. The fourth-order valence-corrected chi connectivity index (χ4v) is 5.02. The Labute approximate surface area is 154 Å². The van der Waals surface area contributed by atoms with Gasteiger partial charge in [-0.15, -0.1) is 11.3 Å².